The lowest BCUT2D eigenvalue weighted by Crippen LogP contribution is -2.14. The lowest BCUT2D eigenvalue weighted by molar-refractivity contribution is 0.653. The van der Waals surface area contributed by atoms with Crippen molar-refractivity contribution in [2.24, 2.45) is 0 Å². The highest BCUT2D eigenvalue weighted by molar-refractivity contribution is 5.19. The molecule has 2 rings (SSSR count). The van der Waals surface area contributed by atoms with Crippen LogP contribution in [0.4, 0.5) is 0 Å². The van der Waals surface area contributed by atoms with Gasteiger partial charge in [0.05, 0.1) is 11.9 Å². The van der Waals surface area contributed by atoms with Crippen LogP contribution in [-0.4, -0.2) is 14.8 Å². The Morgan fingerprint density at radius 2 is 2.17 bits per heavy atom. The second kappa shape index (κ2) is 6.31. The number of hydrogen-bond donors (Lipinski definition) is 1. The Morgan fingerprint density at radius 1 is 1.28 bits per heavy atom. The van der Waals surface area contributed by atoms with Gasteiger partial charge in [0.25, 0.3) is 0 Å². The molecule has 2 heterocycles. The van der Waals surface area contributed by atoms with E-state index >= 15 is 0 Å². The highest BCUT2D eigenvalue weighted by atomic mass is 15.3. The molecule has 2 aromatic rings. The van der Waals surface area contributed by atoms with Crippen LogP contribution in [-0.2, 0) is 26.1 Å². The molecule has 0 atom stereocenters. The largest absolute Gasteiger partial charge is 0.307 e. The molecule has 0 aliphatic carbocycles. The van der Waals surface area contributed by atoms with Crippen LogP contribution in [0.25, 0.3) is 0 Å². The van der Waals surface area contributed by atoms with Crippen molar-refractivity contribution in [3.63, 3.8) is 0 Å². The Hall–Kier alpha value is -1.68. The molecule has 0 saturated heterocycles. The zero-order valence-electron chi connectivity index (χ0n) is 11.1. The molecular weight excluding hydrogens is 224 g/mol. The molecule has 0 saturated carbocycles. The van der Waals surface area contributed by atoms with Gasteiger partial charge in [-0.05, 0) is 25.0 Å². The van der Waals surface area contributed by atoms with Gasteiger partial charge in [-0.1, -0.05) is 13.0 Å². The predicted molar refractivity (Wildman–Crippen MR) is 72.1 cm³/mol. The molecule has 0 unspecified atom stereocenters. The zero-order chi connectivity index (χ0) is 12.8. The number of aromatic nitrogens is 3. The number of hydrogen-bond acceptors (Lipinski definition) is 3. The van der Waals surface area contributed by atoms with Crippen molar-refractivity contribution >= 4 is 0 Å². The molecule has 4 heteroatoms. The van der Waals surface area contributed by atoms with E-state index in [1.807, 2.05) is 23.1 Å². The van der Waals surface area contributed by atoms with Crippen molar-refractivity contribution in [3.05, 3.63) is 47.5 Å². The van der Waals surface area contributed by atoms with Crippen molar-refractivity contribution in [1.82, 2.24) is 20.1 Å². The second-order valence-corrected chi connectivity index (χ2v) is 4.27. The molecule has 0 spiro atoms. The lowest BCUT2D eigenvalue weighted by Gasteiger charge is -2.07. The molecule has 1 N–H and O–H groups in total. The average molecular weight is 244 g/mol. The summed E-state index contributed by atoms with van der Waals surface area (Å²) in [5.41, 5.74) is 3.67. The van der Waals surface area contributed by atoms with E-state index in [1.165, 1.54) is 11.1 Å². The summed E-state index contributed by atoms with van der Waals surface area (Å²) in [6.07, 6.45) is 6.87. The monoisotopic (exact) mass is 244 g/mol. The van der Waals surface area contributed by atoms with E-state index in [9.17, 15) is 0 Å². The molecule has 0 amide bonds. The number of nitrogens with one attached hydrogen (secondary N) is 1. The Labute approximate surface area is 108 Å². The van der Waals surface area contributed by atoms with Crippen LogP contribution in [0, 0.1) is 0 Å². The summed E-state index contributed by atoms with van der Waals surface area (Å²) in [6, 6.07) is 4.13. The van der Waals surface area contributed by atoms with E-state index in [1.54, 1.807) is 0 Å². The van der Waals surface area contributed by atoms with Gasteiger partial charge in [0.2, 0.25) is 0 Å². The summed E-state index contributed by atoms with van der Waals surface area (Å²) in [5.74, 6) is 0. The Kier molecular flexibility index (Phi) is 4.47. The second-order valence-electron chi connectivity index (χ2n) is 4.27. The average Bonchev–Trinajstić information content (AvgIpc) is 2.87. The molecule has 0 aliphatic heterocycles. The topological polar surface area (TPSA) is 42.7 Å². The molecule has 4 nitrogen and oxygen atoms in total. The van der Waals surface area contributed by atoms with Gasteiger partial charge in [-0.15, -0.1) is 0 Å². The fourth-order valence-corrected chi connectivity index (χ4v) is 1.95. The van der Waals surface area contributed by atoms with Gasteiger partial charge >= 0.3 is 0 Å². The van der Waals surface area contributed by atoms with E-state index in [0.29, 0.717) is 0 Å². The van der Waals surface area contributed by atoms with Crippen LogP contribution in [0.1, 0.15) is 30.7 Å². The van der Waals surface area contributed by atoms with Gasteiger partial charge in [0.1, 0.15) is 0 Å². The molecule has 0 aromatic carbocycles. The van der Waals surface area contributed by atoms with Gasteiger partial charge in [0.15, 0.2) is 0 Å². The van der Waals surface area contributed by atoms with Crippen molar-refractivity contribution < 1.29 is 0 Å². The van der Waals surface area contributed by atoms with Gasteiger partial charge in [-0.2, -0.15) is 5.10 Å². The van der Waals surface area contributed by atoms with Gasteiger partial charge < -0.3 is 5.32 Å². The maximum Gasteiger partial charge on any atom is 0.0573 e. The zero-order valence-corrected chi connectivity index (χ0v) is 11.1. The van der Waals surface area contributed by atoms with Crippen LogP contribution in [0.15, 0.2) is 30.7 Å². The molecule has 18 heavy (non-hydrogen) atoms. The highest BCUT2D eigenvalue weighted by Gasteiger charge is 2.02. The first-order valence-electron chi connectivity index (χ1n) is 6.48. The molecule has 2 aromatic heterocycles. The van der Waals surface area contributed by atoms with Gasteiger partial charge in [-0.3, -0.25) is 9.67 Å². The van der Waals surface area contributed by atoms with Crippen molar-refractivity contribution in [3.8, 4) is 0 Å². The fraction of sp³-hybridized carbons (Fsp3) is 0.429. The number of nitrogens with zero attached hydrogens (tertiary/aromatic N) is 3. The number of aryl methyl sites for hydroxylation is 2. The minimum absolute atomic E-state index is 0.807. The van der Waals surface area contributed by atoms with Crippen molar-refractivity contribution in [2.75, 3.05) is 0 Å². The van der Waals surface area contributed by atoms with E-state index in [2.05, 4.69) is 41.5 Å². The molecule has 0 radical (unpaired) electrons. The summed E-state index contributed by atoms with van der Waals surface area (Å²) in [7, 11) is 0. The summed E-state index contributed by atoms with van der Waals surface area (Å²) in [6.45, 7) is 6.80. The molecule has 0 fully saturated rings. The Morgan fingerprint density at radius 3 is 2.89 bits per heavy atom. The van der Waals surface area contributed by atoms with Crippen molar-refractivity contribution in [1.29, 1.82) is 0 Å². The third-order valence-corrected chi connectivity index (χ3v) is 3.00. The maximum absolute atomic E-state index is 4.42. The van der Waals surface area contributed by atoms with Crippen molar-refractivity contribution in [2.45, 2.75) is 39.9 Å². The van der Waals surface area contributed by atoms with Crippen LogP contribution in [0.2, 0.25) is 0 Å². The van der Waals surface area contributed by atoms with Gasteiger partial charge in [-0.25, -0.2) is 0 Å². The predicted octanol–water partition coefficient (Wildman–Crippen LogP) is 2.15. The Balaban J connectivity index is 1.88. The first-order chi connectivity index (χ1) is 8.83. The third-order valence-electron chi connectivity index (χ3n) is 3.00. The Bertz CT molecular complexity index is 490. The molecule has 0 aliphatic rings. The van der Waals surface area contributed by atoms with E-state index in [0.717, 1.165) is 31.7 Å². The smallest absolute Gasteiger partial charge is 0.0573 e. The normalized spacial score (nSPS) is 10.8. The van der Waals surface area contributed by atoms with E-state index in [-0.39, 0.29) is 0 Å². The summed E-state index contributed by atoms with van der Waals surface area (Å²) in [4.78, 5) is 4.42. The minimum atomic E-state index is 0.807. The van der Waals surface area contributed by atoms with Crippen LogP contribution in [0.3, 0.4) is 0 Å². The molecule has 96 valence electrons. The molecular formula is C14H20N4. The first kappa shape index (κ1) is 12.8. The third kappa shape index (κ3) is 3.17. The first-order valence-corrected chi connectivity index (χ1v) is 6.48. The number of rotatable bonds is 6. The maximum atomic E-state index is 4.42. The summed E-state index contributed by atoms with van der Waals surface area (Å²) in [5, 5.41) is 7.67. The van der Waals surface area contributed by atoms with Crippen LogP contribution >= 0.6 is 0 Å². The quantitative estimate of drug-likeness (QED) is 0.846. The van der Waals surface area contributed by atoms with Crippen LogP contribution < -0.4 is 5.32 Å². The van der Waals surface area contributed by atoms with E-state index < -0.39 is 0 Å². The standard InChI is InChI=1S/C14H20N4/c1-3-13-6-5-7-16-14(13)10-15-8-12-9-17-18(4-2)11-12/h5-7,9,11,15H,3-4,8,10H2,1-2H3. The minimum Gasteiger partial charge on any atom is -0.307 e. The molecule has 0 bridgehead atoms. The lowest BCUT2D eigenvalue weighted by atomic mass is 10.1. The summed E-state index contributed by atoms with van der Waals surface area (Å²) >= 11 is 0. The highest BCUT2D eigenvalue weighted by Crippen LogP contribution is 2.06. The summed E-state index contributed by atoms with van der Waals surface area (Å²) < 4.78 is 1.94. The fourth-order valence-electron chi connectivity index (χ4n) is 1.95. The van der Waals surface area contributed by atoms with Gasteiger partial charge in [0, 0.05) is 37.6 Å². The van der Waals surface area contributed by atoms with Crippen LogP contribution in [0.5, 0.6) is 0 Å². The SMILES string of the molecule is CCc1cccnc1CNCc1cnn(CC)c1. The number of pyridine rings is 1. The van der Waals surface area contributed by atoms with E-state index in [4.69, 9.17) is 0 Å².